The van der Waals surface area contributed by atoms with Crippen LogP contribution in [0.4, 0.5) is 11.5 Å². The zero-order chi connectivity index (χ0) is 17.4. The van der Waals surface area contributed by atoms with E-state index in [1.807, 2.05) is 59.1 Å². The van der Waals surface area contributed by atoms with Crippen LogP contribution in [0, 0.1) is 0 Å². The van der Waals surface area contributed by atoms with Crippen LogP contribution < -0.4 is 0 Å². The molecular formula is C20H18N4O. The molecule has 0 saturated heterocycles. The Bertz CT molecular complexity index is 1100. The van der Waals surface area contributed by atoms with Crippen molar-refractivity contribution in [3.05, 3.63) is 66.5 Å². The van der Waals surface area contributed by atoms with Gasteiger partial charge in [0.15, 0.2) is 5.82 Å². The molecule has 25 heavy (non-hydrogen) atoms. The van der Waals surface area contributed by atoms with Crippen LogP contribution >= 0.6 is 0 Å². The molecule has 0 aliphatic carbocycles. The largest absolute Gasteiger partial charge is 0.507 e. The second-order valence-electron chi connectivity index (χ2n) is 6.25. The highest BCUT2D eigenvalue weighted by atomic mass is 16.3. The van der Waals surface area contributed by atoms with Crippen LogP contribution in [-0.2, 0) is 0 Å². The number of hydrogen-bond acceptors (Lipinski definition) is 4. The van der Waals surface area contributed by atoms with Gasteiger partial charge in [-0.3, -0.25) is 4.40 Å². The lowest BCUT2D eigenvalue weighted by Crippen LogP contribution is -1.87. The van der Waals surface area contributed by atoms with Crippen molar-refractivity contribution < 1.29 is 5.11 Å². The zero-order valence-electron chi connectivity index (χ0n) is 14.1. The highest BCUT2D eigenvalue weighted by molar-refractivity contribution is 5.96. The number of phenolic OH excluding ortho intramolecular Hbond substituents is 1. The van der Waals surface area contributed by atoms with Crippen LogP contribution in [0.3, 0.4) is 0 Å². The molecule has 0 bridgehead atoms. The maximum Gasteiger partial charge on any atom is 0.183 e. The molecule has 0 aliphatic rings. The van der Waals surface area contributed by atoms with E-state index >= 15 is 0 Å². The molecule has 2 aromatic heterocycles. The lowest BCUT2D eigenvalue weighted by Gasteiger charge is -2.04. The van der Waals surface area contributed by atoms with E-state index in [4.69, 9.17) is 0 Å². The second kappa shape index (κ2) is 6.02. The van der Waals surface area contributed by atoms with Gasteiger partial charge in [-0.25, -0.2) is 4.98 Å². The first-order chi connectivity index (χ1) is 12.1. The third-order valence-electron chi connectivity index (χ3n) is 4.21. The molecule has 1 N–H and O–H groups in total. The average molecular weight is 330 g/mol. The van der Waals surface area contributed by atoms with Gasteiger partial charge in [-0.05, 0) is 30.2 Å². The van der Waals surface area contributed by atoms with Gasteiger partial charge in [0.05, 0.1) is 11.4 Å². The Balaban J connectivity index is 1.87. The van der Waals surface area contributed by atoms with Gasteiger partial charge >= 0.3 is 0 Å². The summed E-state index contributed by atoms with van der Waals surface area (Å²) in [7, 11) is 0. The summed E-state index contributed by atoms with van der Waals surface area (Å²) < 4.78 is 1.95. The lowest BCUT2D eigenvalue weighted by atomic mass is 10.1. The number of hydrogen-bond donors (Lipinski definition) is 1. The molecule has 0 unspecified atom stereocenters. The Hall–Kier alpha value is -3.21. The smallest absolute Gasteiger partial charge is 0.183 e. The Morgan fingerprint density at radius 3 is 2.56 bits per heavy atom. The lowest BCUT2D eigenvalue weighted by molar-refractivity contribution is 0.481. The Labute approximate surface area is 145 Å². The molecule has 4 aromatic rings. The maximum atomic E-state index is 10.0. The van der Waals surface area contributed by atoms with E-state index in [-0.39, 0.29) is 11.7 Å². The summed E-state index contributed by atoms with van der Waals surface area (Å²) in [6.07, 6.45) is 1.94. The van der Waals surface area contributed by atoms with E-state index in [9.17, 15) is 5.11 Å². The molecule has 5 heteroatoms. The molecule has 0 fully saturated rings. The van der Waals surface area contributed by atoms with Crippen molar-refractivity contribution in [3.63, 3.8) is 0 Å². The number of pyridine rings is 1. The number of aromatic hydroxyl groups is 1. The molecule has 4 rings (SSSR count). The molecule has 0 saturated carbocycles. The number of imidazole rings is 1. The van der Waals surface area contributed by atoms with Gasteiger partial charge in [0.2, 0.25) is 0 Å². The van der Waals surface area contributed by atoms with E-state index in [1.54, 1.807) is 6.07 Å². The average Bonchev–Trinajstić information content (AvgIpc) is 2.99. The number of benzene rings is 2. The molecule has 2 aromatic carbocycles. The topological polar surface area (TPSA) is 62.2 Å². The van der Waals surface area contributed by atoms with Gasteiger partial charge < -0.3 is 5.11 Å². The van der Waals surface area contributed by atoms with Crippen LogP contribution in [0.2, 0.25) is 0 Å². The van der Waals surface area contributed by atoms with Gasteiger partial charge in [0.1, 0.15) is 11.4 Å². The summed E-state index contributed by atoms with van der Waals surface area (Å²) in [4.78, 5) is 4.67. The van der Waals surface area contributed by atoms with Crippen LogP contribution in [0.5, 0.6) is 5.75 Å². The molecule has 0 spiro atoms. The van der Waals surface area contributed by atoms with Crippen molar-refractivity contribution in [2.45, 2.75) is 19.8 Å². The third kappa shape index (κ3) is 2.63. The summed E-state index contributed by atoms with van der Waals surface area (Å²) in [6.45, 7) is 4.19. The van der Waals surface area contributed by atoms with E-state index in [1.165, 1.54) is 0 Å². The van der Waals surface area contributed by atoms with Crippen molar-refractivity contribution >= 4 is 27.9 Å². The number of phenols is 1. The van der Waals surface area contributed by atoms with Crippen LogP contribution in [0.25, 0.3) is 16.4 Å². The molecule has 124 valence electrons. The molecule has 0 radical (unpaired) electrons. The maximum absolute atomic E-state index is 10.0. The van der Waals surface area contributed by atoms with Gasteiger partial charge in [-0.1, -0.05) is 44.2 Å². The minimum atomic E-state index is 0.241. The van der Waals surface area contributed by atoms with Gasteiger partial charge in [-0.15, -0.1) is 10.2 Å². The Morgan fingerprint density at radius 1 is 0.920 bits per heavy atom. The minimum Gasteiger partial charge on any atom is -0.507 e. The minimum absolute atomic E-state index is 0.241. The predicted molar refractivity (Wildman–Crippen MR) is 99.1 cm³/mol. The fourth-order valence-electron chi connectivity index (χ4n) is 2.95. The first kappa shape index (κ1) is 15.3. The molecule has 0 amide bonds. The number of aromatic nitrogens is 2. The van der Waals surface area contributed by atoms with Crippen molar-refractivity contribution in [1.29, 1.82) is 0 Å². The predicted octanol–water partition coefficient (Wildman–Crippen LogP) is 5.73. The van der Waals surface area contributed by atoms with Crippen LogP contribution in [0.15, 0.2) is 71.0 Å². The second-order valence-corrected chi connectivity index (χ2v) is 6.25. The standard InChI is InChI=1S/C20H18N4O/c1-13(2)19-20(24-12-4-3-11-18(24)21-19)23-22-16-9-5-8-15-14(16)7-6-10-17(15)25/h3-13,25H,1-2H3. The van der Waals surface area contributed by atoms with Crippen LogP contribution in [-0.4, -0.2) is 14.5 Å². The number of azo groups is 1. The van der Waals surface area contributed by atoms with E-state index < -0.39 is 0 Å². The first-order valence-electron chi connectivity index (χ1n) is 8.24. The zero-order valence-corrected chi connectivity index (χ0v) is 14.1. The highest BCUT2D eigenvalue weighted by Crippen LogP contribution is 2.34. The third-order valence-corrected chi connectivity index (χ3v) is 4.21. The van der Waals surface area contributed by atoms with Gasteiger partial charge in [-0.2, -0.15) is 0 Å². The fourth-order valence-corrected chi connectivity index (χ4v) is 2.95. The summed E-state index contributed by atoms with van der Waals surface area (Å²) in [5.74, 6) is 1.22. The quantitative estimate of drug-likeness (QED) is 0.487. The van der Waals surface area contributed by atoms with Gasteiger partial charge in [0.25, 0.3) is 0 Å². The Kier molecular flexibility index (Phi) is 3.69. The van der Waals surface area contributed by atoms with E-state index in [2.05, 4.69) is 29.1 Å². The van der Waals surface area contributed by atoms with E-state index in [0.717, 1.165) is 27.9 Å². The molecule has 5 nitrogen and oxygen atoms in total. The summed E-state index contributed by atoms with van der Waals surface area (Å²) in [5, 5.41) is 20.6. The molecule has 0 aliphatic heterocycles. The highest BCUT2D eigenvalue weighted by Gasteiger charge is 2.14. The monoisotopic (exact) mass is 330 g/mol. The van der Waals surface area contributed by atoms with Crippen molar-refractivity contribution in [2.24, 2.45) is 10.2 Å². The Morgan fingerprint density at radius 2 is 1.72 bits per heavy atom. The summed E-state index contributed by atoms with van der Waals surface area (Å²) >= 11 is 0. The molecule has 2 heterocycles. The summed E-state index contributed by atoms with van der Waals surface area (Å²) in [6, 6.07) is 16.9. The van der Waals surface area contributed by atoms with Crippen LogP contribution in [0.1, 0.15) is 25.5 Å². The number of fused-ring (bicyclic) bond motifs is 2. The van der Waals surface area contributed by atoms with E-state index in [0.29, 0.717) is 5.69 Å². The van der Waals surface area contributed by atoms with Crippen molar-refractivity contribution in [3.8, 4) is 5.75 Å². The fraction of sp³-hybridized carbons (Fsp3) is 0.150. The SMILES string of the molecule is CC(C)c1nc2ccccn2c1N=Nc1cccc2c(O)cccc12. The normalized spacial score (nSPS) is 12.0. The van der Waals surface area contributed by atoms with Crippen molar-refractivity contribution in [2.75, 3.05) is 0 Å². The first-order valence-corrected chi connectivity index (χ1v) is 8.24. The molecular weight excluding hydrogens is 312 g/mol. The number of nitrogens with zero attached hydrogens (tertiary/aromatic N) is 4. The van der Waals surface area contributed by atoms with Gasteiger partial charge in [0, 0.05) is 17.0 Å². The molecule has 0 atom stereocenters. The number of rotatable bonds is 3. The summed E-state index contributed by atoms with van der Waals surface area (Å²) in [5.41, 5.74) is 2.49. The van der Waals surface area contributed by atoms with Crippen molar-refractivity contribution in [1.82, 2.24) is 9.38 Å².